The first-order valence-corrected chi connectivity index (χ1v) is 9.89. The predicted molar refractivity (Wildman–Crippen MR) is 83.4 cm³/mol. The Bertz CT molecular complexity index is 407. The van der Waals surface area contributed by atoms with E-state index in [0.29, 0.717) is 0 Å². The highest BCUT2D eigenvalue weighted by atomic mass is 32.9. The maximum absolute atomic E-state index is 5.82. The molecule has 102 valence electrons. The van der Waals surface area contributed by atoms with Gasteiger partial charge in [0.05, 0.1) is 12.2 Å². The molecule has 0 aliphatic heterocycles. The van der Waals surface area contributed by atoms with Crippen LogP contribution in [0.1, 0.15) is 27.7 Å². The van der Waals surface area contributed by atoms with Crippen molar-refractivity contribution in [1.82, 2.24) is 0 Å². The summed E-state index contributed by atoms with van der Waals surface area (Å²) in [4.78, 5) is 1.02. The summed E-state index contributed by atoms with van der Waals surface area (Å²) in [5.41, 5.74) is 4.04. The van der Waals surface area contributed by atoms with Crippen LogP contribution in [0, 0.1) is 0 Å². The minimum Gasteiger partial charge on any atom is -0.399 e. The maximum Gasteiger partial charge on any atom is 0.252 e. The molecule has 0 aromatic heterocycles. The second-order valence-corrected chi connectivity index (χ2v) is 10.5. The van der Waals surface area contributed by atoms with Crippen molar-refractivity contribution in [2.24, 2.45) is 0 Å². The summed E-state index contributed by atoms with van der Waals surface area (Å²) in [5.74, 6) is 0. The van der Waals surface area contributed by atoms with Gasteiger partial charge in [-0.2, -0.15) is 0 Å². The van der Waals surface area contributed by atoms with Gasteiger partial charge in [-0.15, -0.1) is 0 Å². The van der Waals surface area contributed by atoms with Crippen molar-refractivity contribution in [3.63, 3.8) is 0 Å². The molecule has 0 unspecified atom stereocenters. The molecule has 0 atom stereocenters. The average Bonchev–Trinajstić information content (AvgIpc) is 2.18. The van der Waals surface area contributed by atoms with Crippen molar-refractivity contribution < 1.29 is 9.05 Å². The number of anilines is 1. The van der Waals surface area contributed by atoms with E-state index in [1.807, 2.05) is 52.0 Å². The summed E-state index contributed by atoms with van der Waals surface area (Å²) in [5, 5.41) is 0. The average molecular weight is 305 g/mol. The van der Waals surface area contributed by atoms with Gasteiger partial charge in [0, 0.05) is 10.6 Å². The van der Waals surface area contributed by atoms with E-state index in [1.54, 1.807) is 0 Å². The highest BCUT2D eigenvalue weighted by Crippen LogP contribution is 2.65. The minimum absolute atomic E-state index is 0.0517. The molecule has 0 saturated carbocycles. The molecule has 3 nitrogen and oxygen atoms in total. The molecule has 0 heterocycles. The molecule has 6 heteroatoms. The zero-order valence-electron chi connectivity index (χ0n) is 11.1. The van der Waals surface area contributed by atoms with E-state index in [-0.39, 0.29) is 12.2 Å². The van der Waals surface area contributed by atoms with Gasteiger partial charge < -0.3 is 14.8 Å². The van der Waals surface area contributed by atoms with E-state index in [0.717, 1.165) is 10.6 Å². The van der Waals surface area contributed by atoms with Crippen molar-refractivity contribution in [2.45, 2.75) is 44.8 Å². The number of nitrogens with two attached hydrogens (primary N) is 1. The Morgan fingerprint density at radius 2 is 1.50 bits per heavy atom. The Hall–Kier alpha value is -0.0600. The van der Waals surface area contributed by atoms with Gasteiger partial charge in [-0.05, 0) is 75.1 Å². The van der Waals surface area contributed by atoms with Crippen LogP contribution in [0.2, 0.25) is 0 Å². The summed E-state index contributed by atoms with van der Waals surface area (Å²) < 4.78 is 11.6. The van der Waals surface area contributed by atoms with Gasteiger partial charge in [0.2, 0.25) is 0 Å². The molecular weight excluding hydrogens is 285 g/mol. The number of benzene rings is 1. The van der Waals surface area contributed by atoms with Crippen LogP contribution in [-0.4, -0.2) is 12.2 Å². The van der Waals surface area contributed by atoms with Gasteiger partial charge in [-0.1, -0.05) is 0 Å². The second-order valence-electron chi connectivity index (χ2n) is 4.42. The molecule has 0 saturated heterocycles. The zero-order chi connectivity index (χ0) is 13.8. The van der Waals surface area contributed by atoms with Gasteiger partial charge in [-0.3, -0.25) is 0 Å². The summed E-state index contributed by atoms with van der Waals surface area (Å²) >= 11 is 7.05. The Kier molecular flexibility index (Phi) is 6.15. The van der Waals surface area contributed by atoms with Crippen LogP contribution in [0.15, 0.2) is 29.2 Å². The molecule has 1 rings (SSSR count). The highest BCUT2D eigenvalue weighted by Gasteiger charge is 2.24. The van der Waals surface area contributed by atoms with Gasteiger partial charge in [0.15, 0.2) is 0 Å². The number of nitrogen functional groups attached to an aromatic ring is 1. The SMILES string of the molecule is CC(C)OP(=S)(OC(C)C)Sc1ccc(N)cc1. The molecule has 1 aromatic rings. The van der Waals surface area contributed by atoms with Crippen molar-refractivity contribution in [3.8, 4) is 0 Å². The van der Waals surface area contributed by atoms with E-state index in [2.05, 4.69) is 0 Å². The summed E-state index contributed by atoms with van der Waals surface area (Å²) in [6.07, 6.45) is 0.103. The van der Waals surface area contributed by atoms with Crippen molar-refractivity contribution >= 4 is 34.6 Å². The van der Waals surface area contributed by atoms with Gasteiger partial charge >= 0.3 is 0 Å². The molecule has 0 aliphatic carbocycles. The second kappa shape index (κ2) is 6.92. The van der Waals surface area contributed by atoms with E-state index >= 15 is 0 Å². The summed E-state index contributed by atoms with van der Waals surface area (Å²) in [7, 11) is 0. The highest BCUT2D eigenvalue weighted by molar-refractivity contribution is 8.67. The molecular formula is C12H20NO2PS2. The molecule has 0 bridgehead atoms. The lowest BCUT2D eigenvalue weighted by Gasteiger charge is -2.25. The Morgan fingerprint density at radius 1 is 1.06 bits per heavy atom. The molecule has 0 fully saturated rings. The standard InChI is InChI=1S/C12H20NO2PS2/c1-9(2)14-16(17,15-10(3)4)18-12-7-5-11(13)6-8-12/h5-10H,13H2,1-4H3. The number of hydrogen-bond donors (Lipinski definition) is 1. The fourth-order valence-corrected chi connectivity index (χ4v) is 7.16. The first-order chi connectivity index (χ1) is 8.31. The molecule has 0 amide bonds. The van der Waals surface area contributed by atoms with Crippen molar-refractivity contribution in [3.05, 3.63) is 24.3 Å². The quantitative estimate of drug-likeness (QED) is 0.622. The normalized spacial score (nSPS) is 12.3. The lowest BCUT2D eigenvalue weighted by Crippen LogP contribution is -2.05. The summed E-state index contributed by atoms with van der Waals surface area (Å²) in [6, 6.07) is 7.59. The third kappa shape index (κ3) is 5.72. The Balaban J connectivity index is 2.84. The molecule has 2 N–H and O–H groups in total. The van der Waals surface area contributed by atoms with Gasteiger partial charge in [0.25, 0.3) is 5.69 Å². The predicted octanol–water partition coefficient (Wildman–Crippen LogP) is 4.44. The third-order valence-corrected chi connectivity index (χ3v) is 6.85. The topological polar surface area (TPSA) is 44.5 Å². The molecule has 0 aliphatic rings. The first kappa shape index (κ1) is 16.0. The maximum atomic E-state index is 5.82. The van der Waals surface area contributed by atoms with E-state index < -0.39 is 5.69 Å². The molecule has 0 radical (unpaired) electrons. The van der Waals surface area contributed by atoms with Crippen LogP contribution < -0.4 is 5.73 Å². The van der Waals surface area contributed by atoms with E-state index in [9.17, 15) is 0 Å². The Morgan fingerprint density at radius 3 is 1.89 bits per heavy atom. The van der Waals surface area contributed by atoms with Crippen molar-refractivity contribution in [2.75, 3.05) is 5.73 Å². The van der Waals surface area contributed by atoms with Crippen LogP contribution >= 0.6 is 17.1 Å². The largest absolute Gasteiger partial charge is 0.399 e. The number of rotatable bonds is 6. The lowest BCUT2D eigenvalue weighted by atomic mass is 10.3. The van der Waals surface area contributed by atoms with Gasteiger partial charge in [0.1, 0.15) is 0 Å². The summed E-state index contributed by atoms with van der Waals surface area (Å²) in [6.45, 7) is 7.87. The molecule has 18 heavy (non-hydrogen) atoms. The minimum atomic E-state index is -2.36. The van der Waals surface area contributed by atoms with E-state index in [4.69, 9.17) is 26.6 Å². The van der Waals surface area contributed by atoms with Crippen LogP contribution in [0.25, 0.3) is 0 Å². The third-order valence-electron chi connectivity index (χ3n) is 1.78. The molecule has 0 spiro atoms. The smallest absolute Gasteiger partial charge is 0.252 e. The van der Waals surface area contributed by atoms with Crippen LogP contribution in [0.5, 0.6) is 0 Å². The zero-order valence-corrected chi connectivity index (χ0v) is 13.6. The molecule has 1 aromatic carbocycles. The fraction of sp³-hybridized carbons (Fsp3) is 0.500. The van der Waals surface area contributed by atoms with Crippen molar-refractivity contribution in [1.29, 1.82) is 0 Å². The van der Waals surface area contributed by atoms with Crippen LogP contribution in [0.3, 0.4) is 0 Å². The van der Waals surface area contributed by atoms with Gasteiger partial charge in [-0.25, -0.2) is 0 Å². The Labute approximate surface area is 118 Å². The van der Waals surface area contributed by atoms with Crippen LogP contribution in [0.4, 0.5) is 5.69 Å². The monoisotopic (exact) mass is 305 g/mol. The van der Waals surface area contributed by atoms with Crippen LogP contribution in [-0.2, 0) is 20.9 Å². The lowest BCUT2D eigenvalue weighted by molar-refractivity contribution is 0.186. The number of hydrogen-bond acceptors (Lipinski definition) is 5. The fourth-order valence-electron chi connectivity index (χ4n) is 1.24. The first-order valence-electron chi connectivity index (χ1n) is 5.83. The van der Waals surface area contributed by atoms with E-state index in [1.165, 1.54) is 11.4 Å².